The van der Waals surface area contributed by atoms with Crippen LogP contribution in [0.3, 0.4) is 0 Å². The molecule has 0 unspecified atom stereocenters. The first kappa shape index (κ1) is 24.4. The van der Waals surface area contributed by atoms with Crippen LogP contribution in [-0.4, -0.2) is 74.4 Å². The quantitative estimate of drug-likeness (QED) is 0.294. The van der Waals surface area contributed by atoms with Gasteiger partial charge in [-0.15, -0.1) is 0 Å². The van der Waals surface area contributed by atoms with E-state index in [-0.39, 0.29) is 0 Å². The Balaban J connectivity index is 1.40. The Bertz CT molecular complexity index is 1800. The van der Waals surface area contributed by atoms with Gasteiger partial charge in [-0.25, -0.2) is 14.4 Å². The lowest BCUT2D eigenvalue weighted by molar-refractivity contribution is 0.260. The number of methoxy groups -OCH3 is 1. The number of hydrogen-bond acceptors (Lipinski definition) is 8. The average molecular weight is 525 g/mol. The number of likely N-dealkylation sites (N-methyl/N-ethyl adjacent to an activating group) is 1. The number of aromatic nitrogens is 7. The Hall–Kier alpha value is -4.90. The second kappa shape index (κ2) is 10.1. The lowest BCUT2D eigenvalue weighted by Crippen LogP contribution is -2.19. The van der Waals surface area contributed by atoms with Gasteiger partial charge in [0.25, 0.3) is 0 Å². The van der Waals surface area contributed by atoms with Crippen molar-refractivity contribution in [2.24, 2.45) is 0 Å². The van der Waals surface area contributed by atoms with Gasteiger partial charge in [0.15, 0.2) is 11.5 Å². The molecule has 0 saturated carbocycles. The molecule has 1 aromatic carbocycles. The lowest BCUT2D eigenvalue weighted by atomic mass is 10.1. The summed E-state index contributed by atoms with van der Waals surface area (Å²) in [6, 6.07) is 10.3. The molecule has 0 atom stereocenters. The van der Waals surface area contributed by atoms with Crippen molar-refractivity contribution in [1.29, 1.82) is 0 Å². The van der Waals surface area contributed by atoms with Crippen molar-refractivity contribution >= 4 is 22.1 Å². The molecule has 0 saturated heterocycles. The van der Waals surface area contributed by atoms with Crippen LogP contribution in [0.5, 0.6) is 11.5 Å². The Labute approximate surface area is 222 Å². The van der Waals surface area contributed by atoms with E-state index in [1.165, 1.54) is 12.1 Å². The van der Waals surface area contributed by atoms with E-state index in [1.807, 2.05) is 37.2 Å². The van der Waals surface area contributed by atoms with E-state index in [0.717, 1.165) is 16.8 Å². The van der Waals surface area contributed by atoms with Crippen LogP contribution in [0.15, 0.2) is 61.2 Å². The van der Waals surface area contributed by atoms with Crippen molar-refractivity contribution in [1.82, 2.24) is 40.0 Å². The SMILES string of the molecule is COc1cncc(-c2ccc3[nH]nc(-c4nc5c(-c6cc(F)cc(OCCN(C)C)c6)cncc5[nH]4)c3n2)c1. The van der Waals surface area contributed by atoms with Gasteiger partial charge in [-0.3, -0.25) is 15.1 Å². The standard InChI is InChI=1S/C28H25FN8O2/c1-37(2)6-7-39-19-9-16(8-18(29)11-19)21-14-31-15-24-25(21)34-28(33-24)27-26-23(35-36-27)5-4-22(32-26)17-10-20(38-3)13-30-12-17/h4-5,8-15H,6-7H2,1-3H3,(H,33,34)(H,35,36). The van der Waals surface area contributed by atoms with Crippen molar-refractivity contribution in [3.8, 4) is 45.4 Å². The smallest absolute Gasteiger partial charge is 0.161 e. The first-order valence-corrected chi connectivity index (χ1v) is 12.3. The van der Waals surface area contributed by atoms with Crippen LogP contribution >= 0.6 is 0 Å². The van der Waals surface area contributed by atoms with Crippen molar-refractivity contribution in [2.75, 3.05) is 34.4 Å². The van der Waals surface area contributed by atoms with Gasteiger partial charge in [0.2, 0.25) is 0 Å². The van der Waals surface area contributed by atoms with E-state index < -0.39 is 5.82 Å². The minimum atomic E-state index is -0.401. The molecule has 5 heterocycles. The second-order valence-electron chi connectivity index (χ2n) is 9.27. The lowest BCUT2D eigenvalue weighted by Gasteiger charge is -2.12. The summed E-state index contributed by atoms with van der Waals surface area (Å²) in [6.45, 7) is 1.16. The van der Waals surface area contributed by atoms with Crippen LogP contribution in [0.4, 0.5) is 4.39 Å². The predicted molar refractivity (Wildman–Crippen MR) is 146 cm³/mol. The number of rotatable bonds is 8. The van der Waals surface area contributed by atoms with E-state index >= 15 is 0 Å². The molecule has 196 valence electrons. The fourth-order valence-corrected chi connectivity index (χ4v) is 4.30. The highest BCUT2D eigenvalue weighted by atomic mass is 19.1. The van der Waals surface area contributed by atoms with Gasteiger partial charge >= 0.3 is 0 Å². The summed E-state index contributed by atoms with van der Waals surface area (Å²) >= 11 is 0. The highest BCUT2D eigenvalue weighted by molar-refractivity contribution is 5.96. The molecule has 11 heteroatoms. The maximum atomic E-state index is 14.6. The third-order valence-corrected chi connectivity index (χ3v) is 6.26. The van der Waals surface area contributed by atoms with Gasteiger partial charge in [-0.2, -0.15) is 5.10 Å². The molecular formula is C28H25FN8O2. The minimum absolute atomic E-state index is 0.401. The normalized spacial score (nSPS) is 11.5. The van der Waals surface area contributed by atoms with Gasteiger partial charge in [-0.1, -0.05) is 0 Å². The number of aromatic amines is 2. The van der Waals surface area contributed by atoms with Crippen LogP contribution in [0.25, 0.3) is 56.0 Å². The number of pyridine rings is 3. The molecule has 5 aromatic heterocycles. The molecule has 10 nitrogen and oxygen atoms in total. The average Bonchev–Trinajstić information content (AvgIpc) is 3.56. The number of nitrogens with zero attached hydrogens (tertiary/aromatic N) is 6. The number of halogens is 1. The molecule has 6 aromatic rings. The van der Waals surface area contributed by atoms with E-state index in [1.54, 1.807) is 38.0 Å². The van der Waals surface area contributed by atoms with Crippen LogP contribution in [0, 0.1) is 5.82 Å². The number of H-pyrrole nitrogens is 2. The van der Waals surface area contributed by atoms with Crippen molar-refractivity contribution < 1.29 is 13.9 Å². The fourth-order valence-electron chi connectivity index (χ4n) is 4.30. The first-order valence-electron chi connectivity index (χ1n) is 12.3. The number of ether oxygens (including phenoxy) is 2. The Morgan fingerprint density at radius 3 is 2.56 bits per heavy atom. The largest absolute Gasteiger partial charge is 0.495 e. The number of hydrogen-bond donors (Lipinski definition) is 2. The molecule has 0 radical (unpaired) electrons. The first-order chi connectivity index (χ1) is 19.0. The summed E-state index contributed by atoms with van der Waals surface area (Å²) in [5, 5.41) is 7.50. The molecule has 0 spiro atoms. The van der Waals surface area contributed by atoms with E-state index in [4.69, 9.17) is 19.4 Å². The molecule has 2 N–H and O–H groups in total. The van der Waals surface area contributed by atoms with Crippen molar-refractivity contribution in [3.63, 3.8) is 0 Å². The highest BCUT2D eigenvalue weighted by Crippen LogP contribution is 2.33. The molecule has 0 aliphatic carbocycles. The zero-order chi connectivity index (χ0) is 26.9. The van der Waals surface area contributed by atoms with Gasteiger partial charge < -0.3 is 19.4 Å². The summed E-state index contributed by atoms with van der Waals surface area (Å²) < 4.78 is 25.6. The molecule has 6 rings (SSSR count). The Morgan fingerprint density at radius 2 is 1.72 bits per heavy atom. The Morgan fingerprint density at radius 1 is 0.872 bits per heavy atom. The molecule has 0 fully saturated rings. The maximum absolute atomic E-state index is 14.6. The molecule has 0 bridgehead atoms. The summed E-state index contributed by atoms with van der Waals surface area (Å²) in [4.78, 5) is 23.6. The summed E-state index contributed by atoms with van der Waals surface area (Å²) in [7, 11) is 5.51. The van der Waals surface area contributed by atoms with Crippen molar-refractivity contribution in [3.05, 3.63) is 67.0 Å². The van der Waals surface area contributed by atoms with Crippen LogP contribution in [-0.2, 0) is 0 Å². The summed E-state index contributed by atoms with van der Waals surface area (Å²) in [6.07, 6.45) is 6.72. The molecule has 0 aliphatic rings. The molecule has 39 heavy (non-hydrogen) atoms. The van der Waals surface area contributed by atoms with Crippen LogP contribution in [0.2, 0.25) is 0 Å². The number of benzene rings is 1. The van der Waals surface area contributed by atoms with Crippen LogP contribution in [0.1, 0.15) is 0 Å². The number of nitrogens with one attached hydrogen (secondary N) is 2. The van der Waals surface area contributed by atoms with Crippen molar-refractivity contribution in [2.45, 2.75) is 0 Å². The molecule has 0 amide bonds. The molecular weight excluding hydrogens is 499 g/mol. The minimum Gasteiger partial charge on any atom is -0.495 e. The zero-order valence-electron chi connectivity index (χ0n) is 21.6. The number of fused-ring (bicyclic) bond motifs is 2. The predicted octanol–water partition coefficient (Wildman–Crippen LogP) is 4.71. The van der Waals surface area contributed by atoms with Crippen LogP contribution < -0.4 is 9.47 Å². The van der Waals surface area contributed by atoms with E-state index in [0.29, 0.717) is 63.8 Å². The third kappa shape index (κ3) is 4.87. The fraction of sp³-hybridized carbons (Fsp3) is 0.179. The monoisotopic (exact) mass is 524 g/mol. The van der Waals surface area contributed by atoms with Gasteiger partial charge in [0.1, 0.15) is 29.4 Å². The molecule has 0 aliphatic heterocycles. The Kier molecular flexibility index (Phi) is 6.33. The van der Waals surface area contributed by atoms with Gasteiger partial charge in [0.05, 0.1) is 41.7 Å². The van der Waals surface area contributed by atoms with E-state index in [9.17, 15) is 4.39 Å². The summed E-state index contributed by atoms with van der Waals surface area (Å²) in [5.74, 6) is 1.20. The number of imidazole rings is 1. The summed E-state index contributed by atoms with van der Waals surface area (Å²) in [5.41, 5.74) is 6.09. The van der Waals surface area contributed by atoms with E-state index in [2.05, 4.69) is 25.1 Å². The second-order valence-corrected chi connectivity index (χ2v) is 9.27. The topological polar surface area (TPSA) is 118 Å². The zero-order valence-corrected chi connectivity index (χ0v) is 21.6. The van der Waals surface area contributed by atoms with Gasteiger partial charge in [-0.05, 0) is 50.0 Å². The van der Waals surface area contributed by atoms with Gasteiger partial charge in [0, 0.05) is 36.1 Å². The maximum Gasteiger partial charge on any atom is 0.161 e. The highest BCUT2D eigenvalue weighted by Gasteiger charge is 2.18. The third-order valence-electron chi connectivity index (χ3n) is 6.26.